The minimum Gasteiger partial charge on any atom is -1.00 e. The zero-order valence-electron chi connectivity index (χ0n) is 8.78. The summed E-state index contributed by atoms with van der Waals surface area (Å²) >= 11 is 0. The monoisotopic (exact) mass is 273 g/mol. The number of nitrogens with zero attached hydrogens (tertiary/aromatic N) is 1. The van der Waals surface area contributed by atoms with Crippen LogP contribution in [0.15, 0.2) is 12.7 Å². The van der Waals surface area contributed by atoms with Gasteiger partial charge in [0.1, 0.15) is 0 Å². The van der Waals surface area contributed by atoms with Crippen LogP contribution in [0.1, 0.15) is 26.7 Å². The van der Waals surface area contributed by atoms with Crippen molar-refractivity contribution in [3.8, 4) is 0 Å². The molecule has 0 radical (unpaired) electrons. The van der Waals surface area contributed by atoms with E-state index in [9.17, 15) is 10.4 Å². The maximum Gasteiger partial charge on any atom is 2.00 e. The first-order valence-corrected chi connectivity index (χ1v) is 4.17. The Morgan fingerprint density at radius 1 is 1.36 bits per heavy atom. The molecule has 0 aromatic carbocycles. The fourth-order valence-electron chi connectivity index (χ4n) is 1.05. The van der Waals surface area contributed by atoms with E-state index in [-0.39, 0.29) is 50.9 Å². The topological polar surface area (TPSA) is 49.1 Å². The van der Waals surface area contributed by atoms with Gasteiger partial charge in [0.15, 0.2) is 6.21 Å². The molecule has 0 aromatic heterocycles. The van der Waals surface area contributed by atoms with Crippen LogP contribution >= 0.6 is 0 Å². The first-order chi connectivity index (χ1) is 5.57. The van der Waals surface area contributed by atoms with Gasteiger partial charge in [-0.25, -0.2) is 0 Å². The predicted octanol–water partition coefficient (Wildman–Crippen LogP) is -1.07. The van der Waals surface area contributed by atoms with Crippen molar-refractivity contribution >= 4 is 29.3 Å². The quantitative estimate of drug-likeness (QED) is 0.211. The van der Waals surface area contributed by atoms with Gasteiger partial charge in [0, 0.05) is 5.92 Å². The van der Waals surface area contributed by atoms with Crippen molar-refractivity contribution in [3.63, 3.8) is 0 Å². The second-order valence-corrected chi connectivity index (χ2v) is 3.21. The average Bonchev–Trinajstić information content (AvgIpc) is 1.96. The molecule has 0 heterocycles. The van der Waals surface area contributed by atoms with E-state index in [4.69, 9.17) is 0 Å². The third-order valence-electron chi connectivity index (χ3n) is 1.87. The molecule has 0 aliphatic heterocycles. The molecule has 5 heteroatoms. The zero-order valence-corrected chi connectivity index (χ0v) is 11.8. The van der Waals surface area contributed by atoms with Crippen LogP contribution in [-0.2, 0) is 0 Å². The maximum absolute atomic E-state index is 10.2. The van der Waals surface area contributed by atoms with E-state index in [2.05, 4.69) is 6.58 Å². The van der Waals surface area contributed by atoms with Crippen molar-refractivity contribution in [2.24, 2.45) is 11.8 Å². The standard InChI is InChI=1S/C9H16NO2.BrH.Mg/c1-4-5-6-9(8(2)3)7-10(11)12;;/h4,7-9H,1,5-6H2,2-3H3;1H;/q-1;;+2/p-1. The third-order valence-corrected chi connectivity index (χ3v) is 1.87. The zero-order chi connectivity index (χ0) is 9.56. The largest absolute Gasteiger partial charge is 2.00 e. The summed E-state index contributed by atoms with van der Waals surface area (Å²) in [5, 5.41) is 20.4. The van der Waals surface area contributed by atoms with Gasteiger partial charge in [-0.15, -0.1) is 6.58 Å². The van der Waals surface area contributed by atoms with Crippen molar-refractivity contribution in [3.05, 3.63) is 23.1 Å². The van der Waals surface area contributed by atoms with Crippen LogP contribution in [0.25, 0.3) is 0 Å². The Balaban J connectivity index is -0.000000605. The van der Waals surface area contributed by atoms with Crippen molar-refractivity contribution in [2.75, 3.05) is 0 Å². The second kappa shape index (κ2) is 11.3. The second-order valence-electron chi connectivity index (χ2n) is 3.21. The van der Waals surface area contributed by atoms with Crippen LogP contribution in [-0.4, -0.2) is 34.2 Å². The molecule has 0 fully saturated rings. The van der Waals surface area contributed by atoms with Gasteiger partial charge in [-0.05, 0) is 18.8 Å². The Morgan fingerprint density at radius 2 is 1.86 bits per heavy atom. The molecule has 0 saturated carbocycles. The summed E-state index contributed by atoms with van der Waals surface area (Å²) in [6, 6.07) is 0. The summed E-state index contributed by atoms with van der Waals surface area (Å²) in [7, 11) is 0. The van der Waals surface area contributed by atoms with Gasteiger partial charge in [0.05, 0.1) is 0 Å². The van der Waals surface area contributed by atoms with Crippen LogP contribution in [0.5, 0.6) is 0 Å². The molecule has 0 aliphatic carbocycles. The van der Waals surface area contributed by atoms with Crippen molar-refractivity contribution in [2.45, 2.75) is 26.7 Å². The molecule has 3 nitrogen and oxygen atoms in total. The molecule has 1 atom stereocenters. The SMILES string of the molecule is C=CCCC(C=[N+]([O-])[O-])C(C)C.[Br-].[Mg+2]. The maximum atomic E-state index is 10.2. The van der Waals surface area contributed by atoms with Crippen LogP contribution in [0.4, 0.5) is 0 Å². The molecule has 0 saturated heterocycles. The Hall–Kier alpha value is 0.256. The van der Waals surface area contributed by atoms with Crippen molar-refractivity contribution < 1.29 is 21.9 Å². The van der Waals surface area contributed by atoms with Crippen molar-refractivity contribution in [1.29, 1.82) is 0 Å². The first-order valence-electron chi connectivity index (χ1n) is 4.17. The molecule has 0 bridgehead atoms. The number of halogens is 1. The number of hydrogen-bond donors (Lipinski definition) is 0. The van der Waals surface area contributed by atoms with E-state index in [0.717, 1.165) is 12.8 Å². The molecule has 0 aromatic rings. The van der Waals surface area contributed by atoms with E-state index in [1.54, 1.807) is 6.08 Å². The van der Waals surface area contributed by atoms with E-state index in [0.29, 0.717) is 5.92 Å². The third kappa shape index (κ3) is 10.3. The van der Waals surface area contributed by atoms with Crippen LogP contribution in [0.3, 0.4) is 0 Å². The fraction of sp³-hybridized carbons (Fsp3) is 0.667. The number of rotatable bonds is 5. The van der Waals surface area contributed by atoms with Gasteiger partial charge in [-0.3, -0.25) is 0 Å². The van der Waals surface area contributed by atoms with E-state index >= 15 is 0 Å². The van der Waals surface area contributed by atoms with Gasteiger partial charge in [-0.2, -0.15) is 4.90 Å². The molecule has 14 heavy (non-hydrogen) atoms. The van der Waals surface area contributed by atoms with Gasteiger partial charge in [0.25, 0.3) is 0 Å². The van der Waals surface area contributed by atoms with Gasteiger partial charge < -0.3 is 27.4 Å². The van der Waals surface area contributed by atoms with Crippen LogP contribution < -0.4 is 17.0 Å². The molecule has 0 N–H and O–H groups in total. The summed E-state index contributed by atoms with van der Waals surface area (Å²) in [5.41, 5.74) is 0. The summed E-state index contributed by atoms with van der Waals surface area (Å²) in [5.74, 6) is 0.397. The van der Waals surface area contributed by atoms with Crippen LogP contribution in [0, 0.1) is 22.3 Å². The van der Waals surface area contributed by atoms with E-state index in [1.807, 2.05) is 13.8 Å². The minimum absolute atomic E-state index is 0. The van der Waals surface area contributed by atoms with E-state index in [1.165, 1.54) is 6.21 Å². The normalized spacial score (nSPS) is 10.8. The Bertz CT molecular complexity index is 170. The summed E-state index contributed by atoms with van der Waals surface area (Å²) in [6.45, 7) is 7.57. The molecule has 0 rings (SSSR count). The number of hydrogen-bond acceptors (Lipinski definition) is 2. The first kappa shape index (κ1) is 19.8. The predicted molar refractivity (Wildman–Crippen MR) is 56.6 cm³/mol. The molecule has 1 unspecified atom stereocenters. The molecule has 0 aliphatic rings. The summed E-state index contributed by atoms with van der Waals surface area (Å²) in [6.07, 6.45) is 4.65. The summed E-state index contributed by atoms with van der Waals surface area (Å²) in [4.78, 5) is -0.353. The molecular formula is C9H16BrMgNO2. The van der Waals surface area contributed by atoms with Crippen LogP contribution in [0.2, 0.25) is 0 Å². The van der Waals surface area contributed by atoms with Crippen molar-refractivity contribution in [1.82, 2.24) is 0 Å². The van der Waals surface area contributed by atoms with Gasteiger partial charge in [-0.1, -0.05) is 19.9 Å². The molecule has 78 valence electrons. The fourth-order valence-corrected chi connectivity index (χ4v) is 1.05. The Kier molecular flexibility index (Phi) is 16.0. The molecular weight excluding hydrogens is 258 g/mol. The molecule has 0 amide bonds. The Labute approximate surface area is 112 Å². The van der Waals surface area contributed by atoms with Gasteiger partial charge in [0.2, 0.25) is 0 Å². The van der Waals surface area contributed by atoms with E-state index < -0.39 is 0 Å². The average molecular weight is 274 g/mol. The van der Waals surface area contributed by atoms with Gasteiger partial charge >= 0.3 is 23.1 Å². The Morgan fingerprint density at radius 3 is 2.14 bits per heavy atom. The number of allylic oxidation sites excluding steroid dienone is 1. The minimum atomic E-state index is -0.353. The molecule has 0 spiro atoms. The smallest absolute Gasteiger partial charge is 1.00 e. The summed E-state index contributed by atoms with van der Waals surface area (Å²) < 4.78 is 0.